The zero-order valence-electron chi connectivity index (χ0n) is 15.8. The van der Waals surface area contributed by atoms with Gasteiger partial charge >= 0.3 is 0 Å². The van der Waals surface area contributed by atoms with E-state index in [0.29, 0.717) is 12.1 Å². The largest absolute Gasteiger partial charge is 0.363 e. The summed E-state index contributed by atoms with van der Waals surface area (Å²) in [5.74, 6) is 2.11. The molecule has 0 atom stereocenters. The summed E-state index contributed by atoms with van der Waals surface area (Å²) in [6.07, 6.45) is 9.13. The Kier molecular flexibility index (Phi) is 4.87. The lowest BCUT2D eigenvalue weighted by Crippen LogP contribution is -2.48. The fourth-order valence-corrected chi connectivity index (χ4v) is 3.65. The van der Waals surface area contributed by atoms with Gasteiger partial charge in [0, 0.05) is 57.7 Å². The van der Waals surface area contributed by atoms with Crippen molar-refractivity contribution in [2.24, 2.45) is 0 Å². The van der Waals surface area contributed by atoms with E-state index >= 15 is 0 Å². The third-order valence-corrected chi connectivity index (χ3v) is 5.20. The smallest absolute Gasteiger partial charge is 0.291 e. The quantitative estimate of drug-likeness (QED) is 0.794. The zero-order chi connectivity index (χ0) is 18.8. The summed E-state index contributed by atoms with van der Waals surface area (Å²) in [5, 5.41) is 0. The molecule has 0 spiro atoms. The molecule has 0 aromatic carbocycles. The highest BCUT2D eigenvalue weighted by Crippen LogP contribution is 2.36. The highest BCUT2D eigenvalue weighted by molar-refractivity contribution is 5.90. The monoisotopic (exact) mass is 367 g/mol. The molecule has 0 bridgehead atoms. The number of hydrogen-bond acceptors (Lipinski definition) is 7. The molecule has 4 rings (SSSR count). The van der Waals surface area contributed by atoms with Crippen LogP contribution in [0, 0.1) is 0 Å². The average Bonchev–Trinajstić information content (AvgIpc) is 3.54. The number of hydrogen-bond donors (Lipinski definition) is 0. The number of rotatable bonds is 5. The molecule has 0 N–H and O–H groups in total. The summed E-state index contributed by atoms with van der Waals surface area (Å²) >= 11 is 0. The predicted octanol–water partition coefficient (Wildman–Crippen LogP) is 1.61. The van der Waals surface area contributed by atoms with Crippen LogP contribution in [0.1, 0.15) is 36.3 Å². The first kappa shape index (κ1) is 17.6. The number of amides is 1. The van der Waals surface area contributed by atoms with Crippen LogP contribution in [-0.4, -0.2) is 70.0 Å². The lowest BCUT2D eigenvalue weighted by Gasteiger charge is -2.39. The first-order valence-electron chi connectivity index (χ1n) is 9.47. The number of anilines is 2. The van der Waals surface area contributed by atoms with Gasteiger partial charge in [0.05, 0.1) is 0 Å². The van der Waals surface area contributed by atoms with E-state index in [9.17, 15) is 4.79 Å². The van der Waals surface area contributed by atoms with Crippen molar-refractivity contribution < 1.29 is 4.79 Å². The van der Waals surface area contributed by atoms with Gasteiger partial charge in [0.25, 0.3) is 5.91 Å². The van der Waals surface area contributed by atoms with Crippen molar-refractivity contribution >= 4 is 17.5 Å². The minimum atomic E-state index is -0.0797. The van der Waals surface area contributed by atoms with Crippen molar-refractivity contribution in [3.05, 3.63) is 36.7 Å². The fraction of sp³-hybridized carbons (Fsp3) is 0.526. The number of carbonyl (C=O) groups is 1. The van der Waals surface area contributed by atoms with E-state index in [4.69, 9.17) is 0 Å². The Labute approximate surface area is 159 Å². The SMILES string of the molecule is CN(C)c1cc(N(C2CC2)C2CCN(C(=O)c3ncccn3)CC2)ncn1. The maximum atomic E-state index is 12.6. The van der Waals surface area contributed by atoms with Crippen LogP contribution in [0.5, 0.6) is 0 Å². The second-order valence-electron chi connectivity index (χ2n) is 7.36. The summed E-state index contributed by atoms with van der Waals surface area (Å²) in [7, 11) is 3.98. The molecular weight excluding hydrogens is 342 g/mol. The van der Waals surface area contributed by atoms with Crippen LogP contribution in [0.2, 0.25) is 0 Å². The molecular formula is C19H25N7O. The van der Waals surface area contributed by atoms with Crippen LogP contribution in [0.3, 0.4) is 0 Å². The van der Waals surface area contributed by atoms with Crippen molar-refractivity contribution in [1.82, 2.24) is 24.8 Å². The van der Waals surface area contributed by atoms with Gasteiger partial charge in [0.15, 0.2) is 0 Å². The minimum Gasteiger partial charge on any atom is -0.363 e. The molecule has 1 amide bonds. The molecule has 142 valence electrons. The normalized spacial score (nSPS) is 17.6. The molecule has 2 fully saturated rings. The van der Waals surface area contributed by atoms with E-state index < -0.39 is 0 Å². The maximum Gasteiger partial charge on any atom is 0.291 e. The van der Waals surface area contributed by atoms with Gasteiger partial charge in [-0.1, -0.05) is 0 Å². The summed E-state index contributed by atoms with van der Waals surface area (Å²) < 4.78 is 0. The van der Waals surface area contributed by atoms with Gasteiger partial charge < -0.3 is 14.7 Å². The summed E-state index contributed by atoms with van der Waals surface area (Å²) in [5.41, 5.74) is 0. The molecule has 3 heterocycles. The first-order chi connectivity index (χ1) is 13.1. The lowest BCUT2D eigenvalue weighted by molar-refractivity contribution is 0.0699. The van der Waals surface area contributed by atoms with Crippen molar-refractivity contribution in [3.8, 4) is 0 Å². The van der Waals surface area contributed by atoms with Crippen LogP contribution >= 0.6 is 0 Å². The molecule has 1 saturated heterocycles. The van der Waals surface area contributed by atoms with Crippen LogP contribution in [0.25, 0.3) is 0 Å². The Morgan fingerprint density at radius 2 is 1.59 bits per heavy atom. The van der Waals surface area contributed by atoms with Gasteiger partial charge in [0.2, 0.25) is 5.82 Å². The van der Waals surface area contributed by atoms with Gasteiger partial charge in [-0.05, 0) is 31.7 Å². The van der Waals surface area contributed by atoms with Crippen LogP contribution < -0.4 is 9.80 Å². The van der Waals surface area contributed by atoms with E-state index in [2.05, 4.69) is 30.9 Å². The van der Waals surface area contributed by atoms with Crippen LogP contribution in [-0.2, 0) is 0 Å². The minimum absolute atomic E-state index is 0.0797. The van der Waals surface area contributed by atoms with E-state index in [1.54, 1.807) is 24.8 Å². The highest BCUT2D eigenvalue weighted by Gasteiger charge is 2.37. The Balaban J connectivity index is 1.46. The summed E-state index contributed by atoms with van der Waals surface area (Å²) in [6, 6.07) is 4.73. The molecule has 2 aliphatic rings. The Morgan fingerprint density at radius 1 is 0.963 bits per heavy atom. The van der Waals surface area contributed by atoms with Gasteiger partial charge in [-0.2, -0.15) is 0 Å². The third-order valence-electron chi connectivity index (χ3n) is 5.20. The summed E-state index contributed by atoms with van der Waals surface area (Å²) in [6.45, 7) is 1.44. The van der Waals surface area contributed by atoms with Crippen molar-refractivity contribution in [2.45, 2.75) is 37.8 Å². The molecule has 1 aliphatic heterocycles. The Bertz CT molecular complexity index is 786. The van der Waals surface area contributed by atoms with E-state index in [1.165, 1.54) is 12.8 Å². The fourth-order valence-electron chi connectivity index (χ4n) is 3.65. The highest BCUT2D eigenvalue weighted by atomic mass is 16.2. The summed E-state index contributed by atoms with van der Waals surface area (Å²) in [4.78, 5) is 35.9. The number of nitrogens with zero attached hydrogens (tertiary/aromatic N) is 7. The molecule has 1 aliphatic carbocycles. The van der Waals surface area contributed by atoms with Gasteiger partial charge in [-0.25, -0.2) is 19.9 Å². The van der Waals surface area contributed by atoms with E-state index in [-0.39, 0.29) is 11.7 Å². The average molecular weight is 367 g/mol. The van der Waals surface area contributed by atoms with Crippen LogP contribution in [0.15, 0.2) is 30.9 Å². The number of likely N-dealkylation sites (tertiary alicyclic amines) is 1. The number of carbonyl (C=O) groups excluding carboxylic acids is 1. The standard InChI is InChI=1S/C19H25N7O/c1-24(2)16-12-17(23-13-22-16)26(14-4-5-14)15-6-10-25(11-7-15)19(27)18-20-8-3-9-21-18/h3,8-9,12-15H,4-7,10-11H2,1-2H3. The van der Waals surface area contributed by atoms with E-state index in [0.717, 1.165) is 37.6 Å². The maximum absolute atomic E-state index is 12.6. The number of piperidine rings is 1. The van der Waals surface area contributed by atoms with Crippen molar-refractivity contribution in [1.29, 1.82) is 0 Å². The van der Waals surface area contributed by atoms with E-state index in [1.807, 2.05) is 23.9 Å². The first-order valence-corrected chi connectivity index (χ1v) is 9.47. The molecule has 1 saturated carbocycles. The lowest BCUT2D eigenvalue weighted by atomic mass is 10.0. The van der Waals surface area contributed by atoms with Crippen molar-refractivity contribution in [2.75, 3.05) is 37.0 Å². The second-order valence-corrected chi connectivity index (χ2v) is 7.36. The second kappa shape index (κ2) is 7.46. The Hall–Kier alpha value is -2.77. The molecule has 2 aromatic rings. The van der Waals surface area contributed by atoms with Crippen LogP contribution in [0.4, 0.5) is 11.6 Å². The number of aromatic nitrogens is 4. The molecule has 27 heavy (non-hydrogen) atoms. The molecule has 0 radical (unpaired) electrons. The molecule has 8 heteroatoms. The molecule has 0 unspecified atom stereocenters. The topological polar surface area (TPSA) is 78.4 Å². The Morgan fingerprint density at radius 3 is 2.22 bits per heavy atom. The van der Waals surface area contributed by atoms with Gasteiger partial charge in [0.1, 0.15) is 18.0 Å². The molecule has 8 nitrogen and oxygen atoms in total. The predicted molar refractivity (Wildman–Crippen MR) is 103 cm³/mol. The van der Waals surface area contributed by atoms with Gasteiger partial charge in [-0.15, -0.1) is 0 Å². The third kappa shape index (κ3) is 3.84. The molecule has 2 aromatic heterocycles. The van der Waals surface area contributed by atoms with Crippen molar-refractivity contribution in [3.63, 3.8) is 0 Å². The zero-order valence-corrected chi connectivity index (χ0v) is 15.8. The van der Waals surface area contributed by atoms with Gasteiger partial charge in [-0.3, -0.25) is 4.79 Å².